The van der Waals surface area contributed by atoms with Crippen molar-refractivity contribution in [1.82, 2.24) is 4.90 Å². The Kier molecular flexibility index (Phi) is 5.48. The predicted octanol–water partition coefficient (Wildman–Crippen LogP) is 2.31. The summed E-state index contributed by atoms with van der Waals surface area (Å²) in [6.07, 6.45) is 0. The van der Waals surface area contributed by atoms with E-state index >= 15 is 0 Å². The van der Waals surface area contributed by atoms with Crippen LogP contribution in [0.25, 0.3) is 0 Å². The Morgan fingerprint density at radius 1 is 1.22 bits per heavy atom. The smallest absolute Gasteiger partial charge is 0.255 e. The second-order valence-electron chi connectivity index (χ2n) is 3.53. The van der Waals surface area contributed by atoms with E-state index in [0.29, 0.717) is 18.7 Å². The average molecular weight is 243 g/mol. The van der Waals surface area contributed by atoms with Gasteiger partial charge in [-0.25, -0.2) is 4.39 Å². The van der Waals surface area contributed by atoms with Crippen LogP contribution in [0.1, 0.15) is 24.2 Å². The van der Waals surface area contributed by atoms with Crippen molar-refractivity contribution in [3.63, 3.8) is 0 Å². The second-order valence-corrected chi connectivity index (χ2v) is 3.53. The number of hydrogen-bond donors (Lipinski definition) is 0. The number of amides is 1. The zero-order valence-corrected chi connectivity index (χ0v) is 10.5. The van der Waals surface area contributed by atoms with E-state index in [1.807, 2.05) is 0 Å². The van der Waals surface area contributed by atoms with Crippen LogP contribution < -0.4 is 0 Å². The van der Waals surface area contributed by atoms with Gasteiger partial charge in [0.1, 0.15) is 5.82 Å². The fraction of sp³-hybridized carbons (Fsp3) is 0.267. The first-order valence-corrected chi connectivity index (χ1v) is 5.53. The molecule has 0 aliphatic rings. The number of nitrogens with zero attached hydrogens (tertiary/aromatic N) is 1. The van der Waals surface area contributed by atoms with E-state index in [9.17, 15) is 9.18 Å². The van der Waals surface area contributed by atoms with Crippen molar-refractivity contribution in [1.29, 1.82) is 0 Å². The van der Waals surface area contributed by atoms with E-state index in [1.54, 1.807) is 19.9 Å². The van der Waals surface area contributed by atoms with Gasteiger partial charge in [-0.15, -0.1) is 11.8 Å². The molecule has 2 nitrogen and oxygen atoms in total. The van der Waals surface area contributed by atoms with Gasteiger partial charge in [0.05, 0.1) is 13.1 Å². The van der Waals surface area contributed by atoms with Crippen molar-refractivity contribution in [3.8, 4) is 23.7 Å². The van der Waals surface area contributed by atoms with Crippen LogP contribution in [0.15, 0.2) is 24.3 Å². The lowest BCUT2D eigenvalue weighted by Crippen LogP contribution is -2.31. The van der Waals surface area contributed by atoms with E-state index in [-0.39, 0.29) is 5.91 Å². The summed E-state index contributed by atoms with van der Waals surface area (Å²) in [5.74, 6) is 10.4. The maximum absolute atomic E-state index is 13.1. The van der Waals surface area contributed by atoms with E-state index < -0.39 is 5.82 Å². The van der Waals surface area contributed by atoms with Crippen molar-refractivity contribution in [3.05, 3.63) is 35.6 Å². The number of hydrogen-bond acceptors (Lipinski definition) is 1. The summed E-state index contributed by atoms with van der Waals surface area (Å²) in [6.45, 7) is 3.99. The van der Waals surface area contributed by atoms with Gasteiger partial charge >= 0.3 is 0 Å². The van der Waals surface area contributed by atoms with Crippen molar-refractivity contribution < 1.29 is 9.18 Å². The number of benzene rings is 1. The third-order valence-corrected chi connectivity index (χ3v) is 2.25. The molecule has 0 N–H and O–H groups in total. The third kappa shape index (κ3) is 3.96. The highest BCUT2D eigenvalue weighted by atomic mass is 19.1. The average Bonchev–Trinajstić information content (AvgIpc) is 2.38. The molecular formula is C15H14FNO. The quantitative estimate of drug-likeness (QED) is 0.746. The van der Waals surface area contributed by atoms with Crippen LogP contribution in [-0.2, 0) is 0 Å². The summed E-state index contributed by atoms with van der Waals surface area (Å²) in [7, 11) is 0. The van der Waals surface area contributed by atoms with E-state index in [2.05, 4.69) is 23.7 Å². The fourth-order valence-corrected chi connectivity index (χ4v) is 1.35. The van der Waals surface area contributed by atoms with Crippen molar-refractivity contribution in [2.75, 3.05) is 13.1 Å². The van der Waals surface area contributed by atoms with Crippen molar-refractivity contribution in [2.24, 2.45) is 0 Å². The number of carbonyl (C=O) groups excluding carboxylic acids is 1. The first kappa shape index (κ1) is 13.8. The molecule has 92 valence electrons. The molecule has 0 radical (unpaired) electrons. The summed E-state index contributed by atoms with van der Waals surface area (Å²) in [5.41, 5.74) is 0.311. The first-order valence-electron chi connectivity index (χ1n) is 5.53. The Morgan fingerprint density at radius 3 is 2.33 bits per heavy atom. The summed E-state index contributed by atoms with van der Waals surface area (Å²) < 4.78 is 13.1. The summed E-state index contributed by atoms with van der Waals surface area (Å²) in [6, 6.07) is 5.61. The molecule has 0 atom stereocenters. The largest absolute Gasteiger partial charge is 0.316 e. The number of carbonyl (C=O) groups is 1. The Hall–Kier alpha value is -2.26. The molecule has 18 heavy (non-hydrogen) atoms. The molecular weight excluding hydrogens is 229 g/mol. The number of rotatable bonds is 3. The maximum atomic E-state index is 13.1. The molecule has 3 heteroatoms. The molecule has 0 aromatic heterocycles. The van der Waals surface area contributed by atoms with Crippen LogP contribution in [0.2, 0.25) is 0 Å². The van der Waals surface area contributed by atoms with Crippen LogP contribution in [0.4, 0.5) is 4.39 Å². The molecule has 0 aliphatic heterocycles. The van der Waals surface area contributed by atoms with Gasteiger partial charge in [-0.05, 0) is 32.0 Å². The molecule has 0 saturated carbocycles. The minimum Gasteiger partial charge on any atom is -0.316 e. The minimum atomic E-state index is -0.427. The normalized spacial score (nSPS) is 8.61. The standard InChI is InChI=1S/C15H14FNO/c1-3-5-10-17(11-6-4-2)15(18)13-8-7-9-14(16)12-13/h7-9,12H,10-11H2,1-2H3. The molecule has 0 aliphatic carbocycles. The van der Waals surface area contributed by atoms with Crippen LogP contribution in [-0.4, -0.2) is 23.9 Å². The van der Waals surface area contributed by atoms with Crippen LogP contribution in [0.5, 0.6) is 0 Å². The van der Waals surface area contributed by atoms with E-state index in [1.165, 1.54) is 23.1 Å². The molecule has 0 saturated heterocycles. The van der Waals surface area contributed by atoms with E-state index in [0.717, 1.165) is 0 Å². The minimum absolute atomic E-state index is 0.264. The molecule has 1 rings (SSSR count). The lowest BCUT2D eigenvalue weighted by Gasteiger charge is -2.17. The van der Waals surface area contributed by atoms with Gasteiger partial charge in [0.25, 0.3) is 5.91 Å². The highest BCUT2D eigenvalue weighted by Gasteiger charge is 2.14. The Bertz CT molecular complexity index is 521. The molecule has 0 unspecified atom stereocenters. The topological polar surface area (TPSA) is 20.3 Å². The number of halogens is 1. The van der Waals surface area contributed by atoms with Gasteiger partial charge in [0, 0.05) is 5.56 Å². The van der Waals surface area contributed by atoms with Gasteiger partial charge in [0.2, 0.25) is 0 Å². The van der Waals surface area contributed by atoms with Crippen LogP contribution in [0, 0.1) is 29.5 Å². The molecule has 1 aromatic carbocycles. The van der Waals surface area contributed by atoms with Crippen molar-refractivity contribution >= 4 is 5.91 Å². The molecule has 0 heterocycles. The van der Waals surface area contributed by atoms with Gasteiger partial charge in [-0.3, -0.25) is 4.79 Å². The molecule has 0 bridgehead atoms. The van der Waals surface area contributed by atoms with Gasteiger partial charge in [-0.2, -0.15) is 0 Å². The monoisotopic (exact) mass is 243 g/mol. The Balaban J connectivity index is 2.91. The van der Waals surface area contributed by atoms with Crippen LogP contribution in [0.3, 0.4) is 0 Å². The fourth-order valence-electron chi connectivity index (χ4n) is 1.35. The molecule has 0 spiro atoms. The van der Waals surface area contributed by atoms with Gasteiger partial charge < -0.3 is 4.90 Å². The molecule has 1 amide bonds. The summed E-state index contributed by atoms with van der Waals surface area (Å²) >= 11 is 0. The lowest BCUT2D eigenvalue weighted by molar-refractivity contribution is 0.0795. The highest BCUT2D eigenvalue weighted by molar-refractivity contribution is 5.94. The third-order valence-electron chi connectivity index (χ3n) is 2.25. The summed E-state index contributed by atoms with van der Waals surface area (Å²) in [5, 5.41) is 0. The highest BCUT2D eigenvalue weighted by Crippen LogP contribution is 2.07. The lowest BCUT2D eigenvalue weighted by atomic mass is 10.2. The van der Waals surface area contributed by atoms with Crippen LogP contribution >= 0.6 is 0 Å². The Labute approximate surface area is 107 Å². The Morgan fingerprint density at radius 2 is 1.83 bits per heavy atom. The van der Waals surface area contributed by atoms with Gasteiger partial charge in [0.15, 0.2) is 0 Å². The predicted molar refractivity (Wildman–Crippen MR) is 69.2 cm³/mol. The van der Waals surface area contributed by atoms with E-state index in [4.69, 9.17) is 0 Å². The SMILES string of the molecule is CC#CCN(CC#CC)C(=O)c1cccc(F)c1. The zero-order chi connectivity index (χ0) is 13.4. The zero-order valence-electron chi connectivity index (χ0n) is 10.5. The van der Waals surface area contributed by atoms with Gasteiger partial charge in [-0.1, -0.05) is 17.9 Å². The second kappa shape index (κ2) is 7.14. The molecule has 0 fully saturated rings. The maximum Gasteiger partial charge on any atom is 0.255 e. The van der Waals surface area contributed by atoms with Crippen molar-refractivity contribution in [2.45, 2.75) is 13.8 Å². The first-order chi connectivity index (χ1) is 8.69. The summed E-state index contributed by atoms with van der Waals surface area (Å²) in [4.78, 5) is 13.6. The molecule has 1 aromatic rings.